The Balaban J connectivity index is 1.62. The fourth-order valence-corrected chi connectivity index (χ4v) is 3.71. The number of anilines is 2. The Kier molecular flexibility index (Phi) is 7.74. The molecule has 0 spiro atoms. The third kappa shape index (κ3) is 6.78. The van der Waals surface area contributed by atoms with Gasteiger partial charge in [0.1, 0.15) is 0 Å². The topological polar surface area (TPSA) is 70.2 Å². The number of halogens is 2. The van der Waals surface area contributed by atoms with Crippen LogP contribution in [0.25, 0.3) is 0 Å². The van der Waals surface area contributed by atoms with Crippen molar-refractivity contribution in [2.45, 2.75) is 26.2 Å². The van der Waals surface area contributed by atoms with Gasteiger partial charge in [0.25, 0.3) is 11.8 Å². The van der Waals surface area contributed by atoms with Gasteiger partial charge in [-0.1, -0.05) is 62.2 Å². The van der Waals surface area contributed by atoms with Crippen LogP contribution in [-0.4, -0.2) is 16.9 Å². The smallest absolute Gasteiger partial charge is 0.258 e. The summed E-state index contributed by atoms with van der Waals surface area (Å²) in [6.45, 7) is 6.37. The van der Waals surface area contributed by atoms with E-state index in [2.05, 4.69) is 36.7 Å². The van der Waals surface area contributed by atoms with E-state index in [1.165, 1.54) is 12.1 Å². The van der Waals surface area contributed by atoms with Crippen molar-refractivity contribution in [2.24, 2.45) is 0 Å². The van der Waals surface area contributed by atoms with Crippen LogP contribution in [0.3, 0.4) is 0 Å². The summed E-state index contributed by atoms with van der Waals surface area (Å²) in [5.41, 5.74) is 3.17. The van der Waals surface area contributed by atoms with E-state index in [0.29, 0.717) is 22.0 Å². The average Bonchev–Trinajstić information content (AvgIpc) is 2.73. The molecule has 0 radical (unpaired) electrons. The molecule has 0 saturated heterocycles. The third-order valence-electron chi connectivity index (χ3n) is 4.79. The number of hydrogen-bond donors (Lipinski definition) is 3. The highest BCUT2D eigenvalue weighted by Gasteiger charge is 2.15. The summed E-state index contributed by atoms with van der Waals surface area (Å²) in [6, 6.07) is 19.1. The van der Waals surface area contributed by atoms with Crippen LogP contribution in [0.15, 0.2) is 66.7 Å². The molecule has 33 heavy (non-hydrogen) atoms. The lowest BCUT2D eigenvalue weighted by atomic mass is 9.87. The number of amides is 2. The molecule has 0 saturated carbocycles. The van der Waals surface area contributed by atoms with Gasteiger partial charge in [0.05, 0.1) is 10.6 Å². The van der Waals surface area contributed by atoms with E-state index in [1.807, 2.05) is 24.3 Å². The van der Waals surface area contributed by atoms with Gasteiger partial charge in [-0.25, -0.2) is 0 Å². The van der Waals surface area contributed by atoms with E-state index < -0.39 is 5.91 Å². The van der Waals surface area contributed by atoms with Crippen LogP contribution >= 0.6 is 35.4 Å². The summed E-state index contributed by atoms with van der Waals surface area (Å²) in [6.07, 6.45) is 0. The average molecular weight is 500 g/mol. The third-order valence-corrected chi connectivity index (χ3v) is 5.55. The predicted octanol–water partition coefficient (Wildman–Crippen LogP) is 6.67. The van der Waals surface area contributed by atoms with E-state index in [9.17, 15) is 9.59 Å². The quantitative estimate of drug-likeness (QED) is 0.350. The molecule has 0 aliphatic heterocycles. The summed E-state index contributed by atoms with van der Waals surface area (Å²) in [5, 5.41) is 9.12. The molecule has 0 aliphatic carbocycles. The summed E-state index contributed by atoms with van der Waals surface area (Å²) in [4.78, 5) is 25.0. The van der Waals surface area contributed by atoms with Crippen molar-refractivity contribution in [3.05, 3.63) is 93.5 Å². The lowest BCUT2D eigenvalue weighted by Crippen LogP contribution is -2.34. The van der Waals surface area contributed by atoms with Gasteiger partial charge in [0, 0.05) is 22.0 Å². The molecule has 3 aromatic carbocycles. The number of carbonyl (C=O) groups excluding carboxylic acids is 2. The molecule has 0 fully saturated rings. The number of carbonyl (C=O) groups is 2. The molecule has 8 heteroatoms. The molecule has 3 aromatic rings. The Morgan fingerprint density at radius 1 is 0.818 bits per heavy atom. The first-order valence-electron chi connectivity index (χ1n) is 10.1. The second-order valence-corrected chi connectivity index (χ2v) is 9.65. The largest absolute Gasteiger partial charge is 0.332 e. The minimum atomic E-state index is -0.461. The Labute approximate surface area is 208 Å². The molecular formula is C25H23Cl2N3O2S. The lowest BCUT2D eigenvalue weighted by Gasteiger charge is -2.19. The van der Waals surface area contributed by atoms with Crippen LogP contribution in [0.5, 0.6) is 0 Å². The summed E-state index contributed by atoms with van der Waals surface area (Å²) in [5.74, 6) is -0.682. The van der Waals surface area contributed by atoms with Crippen molar-refractivity contribution in [1.29, 1.82) is 0 Å². The molecule has 5 nitrogen and oxygen atoms in total. The Hall–Kier alpha value is -2.93. The highest BCUT2D eigenvalue weighted by Crippen LogP contribution is 2.23. The van der Waals surface area contributed by atoms with Crippen LogP contribution in [0.4, 0.5) is 11.4 Å². The van der Waals surface area contributed by atoms with Gasteiger partial charge in [0.2, 0.25) is 0 Å². The minimum Gasteiger partial charge on any atom is -0.332 e. The van der Waals surface area contributed by atoms with Crippen LogP contribution in [-0.2, 0) is 5.41 Å². The highest BCUT2D eigenvalue weighted by molar-refractivity contribution is 7.80. The molecule has 0 unspecified atom stereocenters. The van der Waals surface area contributed by atoms with Gasteiger partial charge in [-0.3, -0.25) is 14.9 Å². The lowest BCUT2D eigenvalue weighted by molar-refractivity contribution is 0.0976. The van der Waals surface area contributed by atoms with Crippen molar-refractivity contribution in [3.63, 3.8) is 0 Å². The van der Waals surface area contributed by atoms with Crippen molar-refractivity contribution in [3.8, 4) is 0 Å². The van der Waals surface area contributed by atoms with Crippen molar-refractivity contribution >= 4 is 63.7 Å². The molecule has 170 valence electrons. The SMILES string of the molecule is CC(C)(C)c1ccc(C(=O)Nc2cccc(NC(=S)NC(=O)c3ccc(Cl)cc3Cl)c2)cc1. The Bertz CT molecular complexity index is 1210. The van der Waals surface area contributed by atoms with Gasteiger partial charge in [-0.15, -0.1) is 0 Å². The summed E-state index contributed by atoms with van der Waals surface area (Å²) in [7, 11) is 0. The maximum atomic E-state index is 12.6. The number of benzene rings is 3. The zero-order chi connectivity index (χ0) is 24.2. The molecular weight excluding hydrogens is 477 g/mol. The monoisotopic (exact) mass is 499 g/mol. The van der Waals surface area contributed by atoms with Gasteiger partial charge in [-0.2, -0.15) is 0 Å². The van der Waals surface area contributed by atoms with Crippen LogP contribution in [0, 0.1) is 0 Å². The summed E-state index contributed by atoms with van der Waals surface area (Å²) < 4.78 is 0. The zero-order valence-corrected chi connectivity index (χ0v) is 20.7. The van der Waals surface area contributed by atoms with E-state index in [0.717, 1.165) is 5.56 Å². The molecule has 0 aromatic heterocycles. The Morgan fingerprint density at radius 3 is 2.06 bits per heavy atom. The highest BCUT2D eigenvalue weighted by atomic mass is 35.5. The molecule has 0 bridgehead atoms. The first-order chi connectivity index (χ1) is 15.5. The van der Waals surface area contributed by atoms with E-state index in [1.54, 1.807) is 30.3 Å². The fraction of sp³-hybridized carbons (Fsp3) is 0.160. The zero-order valence-electron chi connectivity index (χ0n) is 18.3. The number of hydrogen-bond acceptors (Lipinski definition) is 3. The minimum absolute atomic E-state index is 0.0156. The Morgan fingerprint density at radius 2 is 1.45 bits per heavy atom. The molecule has 0 aliphatic rings. The molecule has 0 atom stereocenters. The number of nitrogens with one attached hydrogen (secondary N) is 3. The van der Waals surface area contributed by atoms with E-state index in [-0.39, 0.29) is 27.0 Å². The van der Waals surface area contributed by atoms with Crippen molar-refractivity contribution in [2.75, 3.05) is 10.6 Å². The maximum absolute atomic E-state index is 12.6. The normalized spacial score (nSPS) is 10.9. The van der Waals surface area contributed by atoms with Crippen LogP contribution < -0.4 is 16.0 Å². The van der Waals surface area contributed by atoms with Crippen molar-refractivity contribution < 1.29 is 9.59 Å². The standard InChI is InChI=1S/C25H23Cl2N3O2S/c1-25(2,3)16-9-7-15(8-10-16)22(31)28-18-5-4-6-19(14-18)29-24(33)30-23(32)20-12-11-17(26)13-21(20)27/h4-14H,1-3H3,(H,28,31)(H2,29,30,32,33). The van der Waals surface area contributed by atoms with Crippen molar-refractivity contribution in [1.82, 2.24) is 5.32 Å². The van der Waals surface area contributed by atoms with Gasteiger partial charge in [0.15, 0.2) is 5.11 Å². The molecule has 3 N–H and O–H groups in total. The second-order valence-electron chi connectivity index (χ2n) is 8.39. The van der Waals surface area contributed by atoms with Crippen LogP contribution in [0.1, 0.15) is 47.1 Å². The molecule has 2 amide bonds. The fourth-order valence-electron chi connectivity index (χ4n) is 3.01. The molecule has 3 rings (SSSR count). The summed E-state index contributed by atoms with van der Waals surface area (Å²) >= 11 is 17.2. The first-order valence-corrected chi connectivity index (χ1v) is 11.3. The van der Waals surface area contributed by atoms with Gasteiger partial charge >= 0.3 is 0 Å². The second kappa shape index (κ2) is 10.3. The van der Waals surface area contributed by atoms with Gasteiger partial charge < -0.3 is 10.6 Å². The molecule has 0 heterocycles. The maximum Gasteiger partial charge on any atom is 0.258 e. The van der Waals surface area contributed by atoms with Gasteiger partial charge in [-0.05, 0) is 71.7 Å². The number of rotatable bonds is 4. The van der Waals surface area contributed by atoms with E-state index >= 15 is 0 Å². The number of thiocarbonyl (C=S) groups is 1. The van der Waals surface area contributed by atoms with Crippen LogP contribution in [0.2, 0.25) is 10.0 Å². The predicted molar refractivity (Wildman–Crippen MR) is 140 cm³/mol. The van der Waals surface area contributed by atoms with E-state index in [4.69, 9.17) is 35.4 Å². The first kappa shape index (κ1) is 24.7.